The van der Waals surface area contributed by atoms with Gasteiger partial charge in [0.2, 0.25) is 0 Å². The summed E-state index contributed by atoms with van der Waals surface area (Å²) >= 11 is 5.62. The molecule has 2 aromatic rings. The molecule has 0 spiro atoms. The first-order chi connectivity index (χ1) is 7.59. The molecule has 1 aromatic heterocycles. The van der Waals surface area contributed by atoms with Gasteiger partial charge in [0.15, 0.2) is 0 Å². The molecule has 2 rings (SSSR count). The normalized spacial score (nSPS) is 12.8. The molecule has 84 valence electrons. The number of nitrogens with zero attached hydrogens (tertiary/aromatic N) is 2. The molecule has 3 nitrogen and oxygen atoms in total. The van der Waals surface area contributed by atoms with Crippen LogP contribution in [0.3, 0.4) is 0 Å². The highest BCUT2D eigenvalue weighted by Gasteiger charge is 2.09. The van der Waals surface area contributed by atoms with Crippen molar-refractivity contribution in [3.8, 4) is 5.69 Å². The number of aromatic nitrogens is 2. The summed E-state index contributed by atoms with van der Waals surface area (Å²) in [6.45, 7) is 1.85. The summed E-state index contributed by atoms with van der Waals surface area (Å²) in [6, 6.07) is 4.42. The van der Waals surface area contributed by atoms with Crippen LogP contribution in [0.15, 0.2) is 30.7 Å². The average Bonchev–Trinajstić information content (AvgIpc) is 2.71. The Kier molecular flexibility index (Phi) is 2.94. The van der Waals surface area contributed by atoms with E-state index in [1.165, 1.54) is 12.1 Å². The number of imidazole rings is 1. The summed E-state index contributed by atoms with van der Waals surface area (Å²) in [6.07, 6.45) is 3.26. The minimum Gasteiger partial charge on any atom is -0.323 e. The Hall–Kier alpha value is -1.39. The van der Waals surface area contributed by atoms with Crippen molar-refractivity contribution in [1.82, 2.24) is 9.55 Å². The summed E-state index contributed by atoms with van der Waals surface area (Å²) in [4.78, 5) is 4.00. The second kappa shape index (κ2) is 4.23. The van der Waals surface area contributed by atoms with Crippen molar-refractivity contribution in [3.63, 3.8) is 0 Å². The van der Waals surface area contributed by atoms with E-state index >= 15 is 0 Å². The van der Waals surface area contributed by atoms with Crippen LogP contribution < -0.4 is 5.73 Å². The van der Waals surface area contributed by atoms with Crippen molar-refractivity contribution >= 4 is 11.6 Å². The van der Waals surface area contributed by atoms with Crippen LogP contribution in [0, 0.1) is 5.82 Å². The second-order valence-electron chi connectivity index (χ2n) is 3.58. The van der Waals surface area contributed by atoms with E-state index in [9.17, 15) is 4.39 Å². The predicted octanol–water partition coefficient (Wildman–Crippen LogP) is 2.68. The van der Waals surface area contributed by atoms with Gasteiger partial charge in [-0.2, -0.15) is 0 Å². The Morgan fingerprint density at radius 2 is 2.25 bits per heavy atom. The molecule has 0 amide bonds. The van der Waals surface area contributed by atoms with Crippen LogP contribution in [0.2, 0.25) is 5.02 Å². The van der Waals surface area contributed by atoms with E-state index in [-0.39, 0.29) is 11.1 Å². The van der Waals surface area contributed by atoms with Crippen molar-refractivity contribution in [1.29, 1.82) is 0 Å². The molecule has 16 heavy (non-hydrogen) atoms. The molecule has 1 aromatic carbocycles. The Bertz CT molecular complexity index is 508. The summed E-state index contributed by atoms with van der Waals surface area (Å²) < 4.78 is 15.0. The first kappa shape index (κ1) is 11.1. The van der Waals surface area contributed by atoms with Crippen LogP contribution >= 0.6 is 11.6 Å². The van der Waals surface area contributed by atoms with E-state index in [0.717, 1.165) is 5.69 Å². The second-order valence-corrected chi connectivity index (χ2v) is 3.98. The summed E-state index contributed by atoms with van der Waals surface area (Å²) in [7, 11) is 0. The Morgan fingerprint density at radius 3 is 2.88 bits per heavy atom. The molecule has 0 aliphatic heterocycles. The zero-order valence-electron chi connectivity index (χ0n) is 8.69. The van der Waals surface area contributed by atoms with Gasteiger partial charge in [-0.25, -0.2) is 9.37 Å². The third kappa shape index (κ3) is 1.94. The predicted molar refractivity (Wildman–Crippen MR) is 61.1 cm³/mol. The summed E-state index contributed by atoms with van der Waals surface area (Å²) in [5.74, 6) is -0.455. The van der Waals surface area contributed by atoms with Gasteiger partial charge in [-0.15, -0.1) is 0 Å². The first-order valence-corrected chi connectivity index (χ1v) is 5.20. The Labute approximate surface area is 97.7 Å². The van der Waals surface area contributed by atoms with Crippen molar-refractivity contribution in [2.75, 3.05) is 0 Å². The lowest BCUT2D eigenvalue weighted by Gasteiger charge is -2.10. The average molecular weight is 240 g/mol. The van der Waals surface area contributed by atoms with Gasteiger partial charge in [0, 0.05) is 11.7 Å². The molecule has 0 saturated carbocycles. The van der Waals surface area contributed by atoms with Gasteiger partial charge >= 0.3 is 0 Å². The fourth-order valence-corrected chi connectivity index (χ4v) is 1.61. The zero-order valence-corrected chi connectivity index (χ0v) is 9.45. The van der Waals surface area contributed by atoms with Gasteiger partial charge in [-0.05, 0) is 25.1 Å². The van der Waals surface area contributed by atoms with Gasteiger partial charge < -0.3 is 10.3 Å². The SMILES string of the molecule is C[C@@H](N)c1cncn1-c1ccc(Cl)c(F)c1. The zero-order chi connectivity index (χ0) is 11.7. The van der Waals surface area contributed by atoms with Crippen molar-refractivity contribution in [3.05, 3.63) is 47.3 Å². The molecule has 0 fully saturated rings. The quantitative estimate of drug-likeness (QED) is 0.876. The molecular formula is C11H11ClFN3. The molecule has 0 aliphatic rings. The molecule has 5 heteroatoms. The maximum atomic E-state index is 13.3. The summed E-state index contributed by atoms with van der Waals surface area (Å²) in [5, 5.41) is 0.103. The molecule has 1 heterocycles. The lowest BCUT2D eigenvalue weighted by atomic mass is 10.2. The molecule has 0 unspecified atom stereocenters. The molecule has 0 radical (unpaired) electrons. The highest BCUT2D eigenvalue weighted by molar-refractivity contribution is 6.30. The number of benzene rings is 1. The Balaban J connectivity index is 2.50. The van der Waals surface area contributed by atoms with Crippen molar-refractivity contribution in [2.24, 2.45) is 5.73 Å². The largest absolute Gasteiger partial charge is 0.323 e. The topological polar surface area (TPSA) is 43.8 Å². The third-order valence-corrected chi connectivity index (χ3v) is 2.62. The van der Waals surface area contributed by atoms with Gasteiger partial charge in [-0.3, -0.25) is 0 Å². The van der Waals surface area contributed by atoms with Gasteiger partial charge in [0.1, 0.15) is 5.82 Å². The standard InChI is InChI=1S/C11H11ClFN3/c1-7(14)11-5-15-6-16(11)8-2-3-9(12)10(13)4-8/h2-7H,14H2,1H3/t7-/m1/s1. The molecule has 2 N–H and O–H groups in total. The van der Waals surface area contributed by atoms with Gasteiger partial charge in [-0.1, -0.05) is 11.6 Å². The van der Waals surface area contributed by atoms with Crippen molar-refractivity contribution in [2.45, 2.75) is 13.0 Å². The maximum absolute atomic E-state index is 13.3. The number of halogens is 2. The van der Waals surface area contributed by atoms with E-state index in [2.05, 4.69) is 4.98 Å². The first-order valence-electron chi connectivity index (χ1n) is 4.83. The molecule has 0 saturated heterocycles. The summed E-state index contributed by atoms with van der Waals surface area (Å²) in [5.41, 5.74) is 7.26. The number of hydrogen-bond acceptors (Lipinski definition) is 2. The van der Waals surface area contributed by atoms with Crippen LogP contribution in [-0.4, -0.2) is 9.55 Å². The van der Waals surface area contributed by atoms with E-state index in [1.807, 2.05) is 6.92 Å². The van der Waals surface area contributed by atoms with Crippen molar-refractivity contribution < 1.29 is 4.39 Å². The van der Waals surface area contributed by atoms with Crippen LogP contribution in [0.25, 0.3) is 5.69 Å². The molecule has 0 bridgehead atoms. The van der Waals surface area contributed by atoms with Gasteiger partial charge in [0.05, 0.1) is 23.2 Å². The minimum absolute atomic E-state index is 0.103. The molecule has 0 aliphatic carbocycles. The van der Waals surface area contributed by atoms with E-state index in [4.69, 9.17) is 17.3 Å². The monoisotopic (exact) mass is 239 g/mol. The minimum atomic E-state index is -0.455. The number of hydrogen-bond donors (Lipinski definition) is 1. The van der Waals surface area contributed by atoms with Gasteiger partial charge in [0.25, 0.3) is 0 Å². The lowest BCUT2D eigenvalue weighted by molar-refractivity contribution is 0.626. The third-order valence-electron chi connectivity index (χ3n) is 2.31. The fraction of sp³-hybridized carbons (Fsp3) is 0.182. The lowest BCUT2D eigenvalue weighted by Crippen LogP contribution is -2.10. The molecule has 1 atom stereocenters. The van der Waals surface area contributed by atoms with E-state index in [0.29, 0.717) is 5.69 Å². The van der Waals surface area contributed by atoms with Crippen LogP contribution in [0.1, 0.15) is 18.7 Å². The Morgan fingerprint density at radius 1 is 1.50 bits per heavy atom. The molecular weight excluding hydrogens is 229 g/mol. The van der Waals surface area contributed by atoms with Crippen LogP contribution in [0.5, 0.6) is 0 Å². The van der Waals surface area contributed by atoms with Crippen LogP contribution in [-0.2, 0) is 0 Å². The number of nitrogens with two attached hydrogens (primary N) is 1. The van der Waals surface area contributed by atoms with E-state index < -0.39 is 5.82 Å². The smallest absolute Gasteiger partial charge is 0.143 e. The van der Waals surface area contributed by atoms with E-state index in [1.54, 1.807) is 23.2 Å². The maximum Gasteiger partial charge on any atom is 0.143 e. The highest BCUT2D eigenvalue weighted by atomic mass is 35.5. The van der Waals surface area contributed by atoms with Crippen LogP contribution in [0.4, 0.5) is 4.39 Å². The number of rotatable bonds is 2. The fourth-order valence-electron chi connectivity index (χ4n) is 1.49. The highest BCUT2D eigenvalue weighted by Crippen LogP contribution is 2.21.